The zero-order valence-corrected chi connectivity index (χ0v) is 12.0. The minimum absolute atomic E-state index is 0.452. The third-order valence-corrected chi connectivity index (χ3v) is 6.43. The fourth-order valence-electron chi connectivity index (χ4n) is 1.82. The number of rotatable bonds is 4. The zero-order chi connectivity index (χ0) is 11.4. The highest BCUT2D eigenvalue weighted by molar-refractivity contribution is 7.99. The lowest BCUT2D eigenvalue weighted by Crippen LogP contribution is -2.29. The maximum absolute atomic E-state index is 2.40. The van der Waals surface area contributed by atoms with Gasteiger partial charge in [0.25, 0.3) is 0 Å². The van der Waals surface area contributed by atoms with Crippen LogP contribution in [0.2, 0.25) is 0 Å². The Bertz CT molecular complexity index is 280. The molecule has 15 heavy (non-hydrogen) atoms. The maximum Gasteiger partial charge on any atom is 0.189 e. The van der Waals surface area contributed by atoms with E-state index in [1.165, 1.54) is 5.56 Å². The van der Waals surface area contributed by atoms with E-state index in [0.29, 0.717) is 21.8 Å². The molecular weight excluding hydrogens is 220 g/mol. The van der Waals surface area contributed by atoms with Crippen LogP contribution >= 0.6 is 0 Å². The van der Waals surface area contributed by atoms with E-state index in [1.807, 2.05) is 0 Å². The van der Waals surface area contributed by atoms with Crippen molar-refractivity contribution >= 4 is 21.8 Å². The van der Waals surface area contributed by atoms with E-state index in [0.717, 1.165) is 10.5 Å². The molecule has 0 saturated heterocycles. The molecule has 2 unspecified atom stereocenters. The average Bonchev–Trinajstić information content (AvgIpc) is 2.18. The standard InChI is InChI=1S/C13H22S2/c1-11(14(2)3)13(15(4)5)12-9-7-6-8-10-12/h6-11,13H,1-5H3/q+2. The number of hydrogen-bond donors (Lipinski definition) is 0. The molecule has 0 amide bonds. The molecule has 2 heteroatoms. The van der Waals surface area contributed by atoms with Crippen molar-refractivity contribution in [2.45, 2.75) is 17.4 Å². The first-order valence-electron chi connectivity index (χ1n) is 5.21. The first-order valence-corrected chi connectivity index (χ1v) is 9.42. The van der Waals surface area contributed by atoms with Crippen LogP contribution in [0.4, 0.5) is 0 Å². The molecule has 84 valence electrons. The van der Waals surface area contributed by atoms with Crippen molar-refractivity contribution in [1.29, 1.82) is 0 Å². The molecule has 1 rings (SSSR count). The molecule has 0 spiro atoms. The van der Waals surface area contributed by atoms with E-state index in [9.17, 15) is 0 Å². The summed E-state index contributed by atoms with van der Waals surface area (Å²) < 4.78 is 0. The normalized spacial score (nSPS) is 15.7. The van der Waals surface area contributed by atoms with Crippen molar-refractivity contribution < 1.29 is 0 Å². The largest absolute Gasteiger partial charge is 0.189 e. The molecule has 1 aromatic rings. The number of benzene rings is 1. The summed E-state index contributed by atoms with van der Waals surface area (Å²) in [5.41, 5.74) is 1.51. The van der Waals surface area contributed by atoms with Crippen molar-refractivity contribution in [2.24, 2.45) is 0 Å². The molecule has 1 aromatic carbocycles. The van der Waals surface area contributed by atoms with E-state index >= 15 is 0 Å². The van der Waals surface area contributed by atoms with Crippen LogP contribution < -0.4 is 0 Å². The van der Waals surface area contributed by atoms with Crippen LogP contribution in [0.25, 0.3) is 0 Å². The van der Waals surface area contributed by atoms with E-state index in [1.54, 1.807) is 0 Å². The van der Waals surface area contributed by atoms with Crippen molar-refractivity contribution in [3.63, 3.8) is 0 Å². The second-order valence-electron chi connectivity index (χ2n) is 4.30. The van der Waals surface area contributed by atoms with Gasteiger partial charge in [-0.2, -0.15) is 0 Å². The molecule has 0 fully saturated rings. The van der Waals surface area contributed by atoms with Crippen LogP contribution in [0.1, 0.15) is 17.7 Å². The lowest BCUT2D eigenvalue weighted by molar-refractivity contribution is 0.905. The van der Waals surface area contributed by atoms with Crippen molar-refractivity contribution in [2.75, 3.05) is 25.0 Å². The topological polar surface area (TPSA) is 0 Å². The quantitative estimate of drug-likeness (QED) is 0.712. The van der Waals surface area contributed by atoms with Gasteiger partial charge in [0.1, 0.15) is 0 Å². The van der Waals surface area contributed by atoms with Gasteiger partial charge in [0, 0.05) is 5.56 Å². The third kappa shape index (κ3) is 3.46. The van der Waals surface area contributed by atoms with Crippen LogP contribution in [0.5, 0.6) is 0 Å². The molecule has 0 nitrogen and oxygen atoms in total. The van der Waals surface area contributed by atoms with Crippen molar-refractivity contribution in [3.05, 3.63) is 35.9 Å². The van der Waals surface area contributed by atoms with Crippen LogP contribution in [0.15, 0.2) is 30.3 Å². The van der Waals surface area contributed by atoms with Gasteiger partial charge in [0.15, 0.2) is 10.5 Å². The van der Waals surface area contributed by atoms with Crippen molar-refractivity contribution in [1.82, 2.24) is 0 Å². The molecule has 0 aliphatic rings. The molecule has 0 aromatic heterocycles. The molecule has 0 radical (unpaired) electrons. The Morgan fingerprint density at radius 3 is 1.80 bits per heavy atom. The van der Waals surface area contributed by atoms with Crippen LogP contribution in [0.3, 0.4) is 0 Å². The van der Waals surface area contributed by atoms with Gasteiger partial charge in [-0.25, -0.2) is 0 Å². The van der Waals surface area contributed by atoms with Gasteiger partial charge in [-0.15, -0.1) is 0 Å². The van der Waals surface area contributed by atoms with Gasteiger partial charge in [0.05, 0.1) is 25.0 Å². The monoisotopic (exact) mass is 242 g/mol. The molecule has 0 N–H and O–H groups in total. The van der Waals surface area contributed by atoms with E-state index in [4.69, 9.17) is 0 Å². The first-order chi connectivity index (χ1) is 7.04. The Labute approximate surface area is 100 Å². The fraction of sp³-hybridized carbons (Fsp3) is 0.538. The Morgan fingerprint density at radius 1 is 0.867 bits per heavy atom. The van der Waals surface area contributed by atoms with E-state index in [-0.39, 0.29) is 0 Å². The molecular formula is C13H22S2+2. The van der Waals surface area contributed by atoms with Gasteiger partial charge >= 0.3 is 0 Å². The Balaban J connectivity index is 2.93. The van der Waals surface area contributed by atoms with Gasteiger partial charge in [-0.1, -0.05) is 30.3 Å². The summed E-state index contributed by atoms with van der Waals surface area (Å²) in [7, 11) is 0.947. The molecule has 2 atom stereocenters. The SMILES string of the molecule is CC(C(c1ccccc1)[S+](C)C)[S+](C)C. The molecule has 0 aliphatic carbocycles. The summed E-state index contributed by atoms with van der Waals surface area (Å²) in [4.78, 5) is 0. The summed E-state index contributed by atoms with van der Waals surface area (Å²) in [5.74, 6) is 0. The lowest BCUT2D eigenvalue weighted by Gasteiger charge is -2.18. The Kier molecular flexibility index (Phi) is 5.07. The molecule has 0 saturated carbocycles. The van der Waals surface area contributed by atoms with Crippen LogP contribution in [-0.4, -0.2) is 30.3 Å². The van der Waals surface area contributed by atoms with Crippen LogP contribution in [-0.2, 0) is 21.8 Å². The predicted octanol–water partition coefficient (Wildman–Crippen LogP) is 2.87. The molecule has 0 heterocycles. The summed E-state index contributed by atoms with van der Waals surface area (Å²) in [6.07, 6.45) is 9.43. The average molecular weight is 242 g/mol. The fourth-order valence-corrected chi connectivity index (χ4v) is 5.27. The van der Waals surface area contributed by atoms with Gasteiger partial charge in [-0.05, 0) is 28.7 Å². The van der Waals surface area contributed by atoms with Crippen LogP contribution in [0, 0.1) is 0 Å². The minimum atomic E-state index is 0.452. The predicted molar refractivity (Wildman–Crippen MR) is 77.1 cm³/mol. The summed E-state index contributed by atoms with van der Waals surface area (Å²) in [6.45, 7) is 2.40. The maximum atomic E-state index is 2.40. The van der Waals surface area contributed by atoms with Crippen molar-refractivity contribution in [3.8, 4) is 0 Å². The third-order valence-electron chi connectivity index (χ3n) is 2.81. The van der Waals surface area contributed by atoms with Gasteiger partial charge < -0.3 is 0 Å². The second kappa shape index (κ2) is 5.86. The summed E-state index contributed by atoms with van der Waals surface area (Å²) >= 11 is 0. The Morgan fingerprint density at radius 2 is 1.40 bits per heavy atom. The van der Waals surface area contributed by atoms with Gasteiger partial charge in [0.2, 0.25) is 0 Å². The zero-order valence-electron chi connectivity index (χ0n) is 10.4. The highest BCUT2D eigenvalue weighted by Crippen LogP contribution is 2.29. The molecule has 0 aliphatic heterocycles. The van der Waals surface area contributed by atoms with E-state index in [2.05, 4.69) is 62.3 Å². The second-order valence-corrected chi connectivity index (χ2v) is 9.07. The minimum Gasteiger partial charge on any atom is -0.0622 e. The lowest BCUT2D eigenvalue weighted by atomic mass is 10.1. The Hall–Kier alpha value is -0.0800. The number of hydrogen-bond acceptors (Lipinski definition) is 0. The van der Waals surface area contributed by atoms with E-state index < -0.39 is 0 Å². The summed E-state index contributed by atoms with van der Waals surface area (Å²) in [5, 5.41) is 1.51. The first kappa shape index (κ1) is 13.0. The highest BCUT2D eigenvalue weighted by atomic mass is 32.2. The van der Waals surface area contributed by atoms with Gasteiger partial charge in [-0.3, -0.25) is 0 Å². The highest BCUT2D eigenvalue weighted by Gasteiger charge is 2.37. The smallest absolute Gasteiger partial charge is 0.0622 e. The summed E-state index contributed by atoms with van der Waals surface area (Å²) in [6, 6.07) is 11.0. The molecule has 0 bridgehead atoms.